The van der Waals surface area contributed by atoms with Crippen molar-refractivity contribution in [3.8, 4) is 11.5 Å². The number of aromatic amines is 1. The van der Waals surface area contributed by atoms with Crippen LogP contribution in [0.1, 0.15) is 5.56 Å². The molecule has 0 aliphatic rings. The Morgan fingerprint density at radius 1 is 1.31 bits per heavy atom. The van der Waals surface area contributed by atoms with Gasteiger partial charge in [-0.1, -0.05) is 12.1 Å². The van der Waals surface area contributed by atoms with E-state index in [-0.39, 0.29) is 35.2 Å². The van der Waals surface area contributed by atoms with Crippen LogP contribution in [-0.4, -0.2) is 39.5 Å². The van der Waals surface area contributed by atoms with Crippen LogP contribution < -0.4 is 10.4 Å². The second-order valence-electron chi connectivity index (χ2n) is 3.17. The summed E-state index contributed by atoms with van der Waals surface area (Å²) in [5, 5.41) is 0. The molecule has 1 N–H and O–H groups in total. The van der Waals surface area contributed by atoms with Crippen molar-refractivity contribution in [2.75, 3.05) is 0 Å². The molecule has 1 aromatic carbocycles. The number of nitrogens with one attached hydrogen (secondary N) is 1. The molecule has 78 valence electrons. The Morgan fingerprint density at radius 3 is 2.75 bits per heavy atom. The Morgan fingerprint density at radius 2 is 2.12 bits per heavy atom. The number of benzene rings is 1. The molecule has 0 amide bonds. The molecule has 0 unspecified atom stereocenters. The number of H-pyrrole nitrogens is 1. The maximum absolute atomic E-state index is 10.7. The molecule has 0 fully saturated rings. The summed E-state index contributed by atoms with van der Waals surface area (Å²) in [6.45, 7) is 1.98. The van der Waals surface area contributed by atoms with Gasteiger partial charge >= 0.3 is 35.2 Å². The van der Waals surface area contributed by atoms with Gasteiger partial charge in [0.25, 0.3) is 0 Å². The minimum absolute atomic E-state index is 0. The van der Waals surface area contributed by atoms with Gasteiger partial charge in [-0.3, -0.25) is 0 Å². The van der Waals surface area contributed by atoms with E-state index in [4.69, 9.17) is 4.74 Å². The fraction of sp³-hybridized carbons (Fsp3) is 0.0909. The molecule has 0 aliphatic heterocycles. The maximum atomic E-state index is 10.7. The topological polar surface area (TPSA) is 55.0 Å². The summed E-state index contributed by atoms with van der Waals surface area (Å²) in [6, 6.07) is 7.64. The number of hydrogen-bond acceptors (Lipinski definition) is 3. The van der Waals surface area contributed by atoms with Crippen LogP contribution in [0.3, 0.4) is 0 Å². The van der Waals surface area contributed by atoms with E-state index in [0.29, 0.717) is 5.75 Å². The van der Waals surface area contributed by atoms with Gasteiger partial charge in [0, 0.05) is 0 Å². The Bertz CT molecular complexity index is 505. The molecule has 1 aromatic heterocycles. The molecule has 0 spiro atoms. The van der Waals surface area contributed by atoms with Gasteiger partial charge < -0.3 is 9.72 Å². The van der Waals surface area contributed by atoms with E-state index in [0.717, 1.165) is 11.3 Å². The molecule has 2 rings (SSSR count). The predicted octanol–water partition coefficient (Wildman–Crippen LogP) is 1.22. The van der Waals surface area contributed by atoms with Crippen molar-refractivity contribution < 1.29 is 4.74 Å². The van der Waals surface area contributed by atoms with Crippen molar-refractivity contribution in [2.24, 2.45) is 0 Å². The number of rotatable bonds is 2. The van der Waals surface area contributed by atoms with Crippen LogP contribution in [0.25, 0.3) is 0 Å². The molecular formula is C11H11N2NaO2. The summed E-state index contributed by atoms with van der Waals surface area (Å²) in [6.07, 6.45) is 2.87. The van der Waals surface area contributed by atoms with Crippen LogP contribution in [0.5, 0.6) is 11.5 Å². The Hall–Kier alpha value is -1.10. The van der Waals surface area contributed by atoms with Crippen molar-refractivity contribution in [3.05, 3.63) is 52.7 Å². The van der Waals surface area contributed by atoms with Crippen molar-refractivity contribution >= 4 is 29.6 Å². The summed E-state index contributed by atoms with van der Waals surface area (Å²) >= 11 is 0. The van der Waals surface area contributed by atoms with Gasteiger partial charge in [-0.05, 0) is 24.6 Å². The van der Waals surface area contributed by atoms with Gasteiger partial charge in [0.05, 0.1) is 12.4 Å². The molecule has 0 bridgehead atoms. The number of ether oxygens (including phenoxy) is 1. The zero-order valence-corrected chi connectivity index (χ0v) is 8.23. The molecule has 0 atom stereocenters. The predicted molar refractivity (Wildman–Crippen MR) is 63.3 cm³/mol. The molecule has 5 heteroatoms. The third-order valence-electron chi connectivity index (χ3n) is 1.87. The van der Waals surface area contributed by atoms with E-state index in [2.05, 4.69) is 9.97 Å². The van der Waals surface area contributed by atoms with E-state index in [9.17, 15) is 4.79 Å². The molecule has 16 heavy (non-hydrogen) atoms. The van der Waals surface area contributed by atoms with Gasteiger partial charge in [-0.15, -0.1) is 0 Å². The first-order valence-electron chi connectivity index (χ1n) is 4.53. The second kappa shape index (κ2) is 5.84. The SMILES string of the molecule is Cc1cccc(Oc2cnc(=O)[nH]c2)c1.[NaH]. The van der Waals surface area contributed by atoms with Crippen LogP contribution in [0.2, 0.25) is 0 Å². The molecule has 0 saturated carbocycles. The standard InChI is InChI=1S/C11H10N2O2.Na.H/c1-8-3-2-4-9(5-8)15-10-6-12-11(14)13-7-10;;/h2-7H,1H3,(H,12,13,14);;. The van der Waals surface area contributed by atoms with Crippen molar-refractivity contribution in [1.82, 2.24) is 9.97 Å². The number of hydrogen-bond donors (Lipinski definition) is 1. The van der Waals surface area contributed by atoms with Crippen LogP contribution >= 0.6 is 0 Å². The third kappa shape index (κ3) is 3.48. The molecular weight excluding hydrogens is 215 g/mol. The summed E-state index contributed by atoms with van der Waals surface area (Å²) < 4.78 is 5.48. The Labute approximate surface area is 115 Å². The van der Waals surface area contributed by atoms with E-state index >= 15 is 0 Å². The fourth-order valence-corrected chi connectivity index (χ4v) is 1.20. The average molecular weight is 226 g/mol. The zero-order valence-electron chi connectivity index (χ0n) is 8.23. The molecule has 1 heterocycles. The van der Waals surface area contributed by atoms with Gasteiger partial charge in [-0.25, -0.2) is 4.79 Å². The van der Waals surface area contributed by atoms with Crippen molar-refractivity contribution in [1.29, 1.82) is 0 Å². The quantitative estimate of drug-likeness (QED) is 0.783. The van der Waals surface area contributed by atoms with E-state index in [1.54, 1.807) is 0 Å². The summed E-state index contributed by atoms with van der Waals surface area (Å²) in [5.41, 5.74) is 0.733. The molecule has 2 aromatic rings. The monoisotopic (exact) mass is 226 g/mol. The molecule has 0 aliphatic carbocycles. The molecule has 0 saturated heterocycles. The summed E-state index contributed by atoms with van der Waals surface area (Å²) in [7, 11) is 0. The first-order chi connectivity index (χ1) is 7.24. The van der Waals surface area contributed by atoms with Crippen LogP contribution in [-0.2, 0) is 0 Å². The third-order valence-corrected chi connectivity index (χ3v) is 1.87. The number of aromatic nitrogens is 2. The van der Waals surface area contributed by atoms with Gasteiger partial charge in [0.2, 0.25) is 0 Å². The van der Waals surface area contributed by atoms with Crippen LogP contribution in [0, 0.1) is 6.92 Å². The normalized spacial score (nSPS) is 9.31. The van der Waals surface area contributed by atoms with E-state index in [1.807, 2.05) is 31.2 Å². The minimum atomic E-state index is -0.383. The summed E-state index contributed by atoms with van der Waals surface area (Å²) in [4.78, 5) is 16.7. The first kappa shape index (κ1) is 13.0. The number of nitrogens with zero attached hydrogens (tertiary/aromatic N) is 1. The summed E-state index contributed by atoms with van der Waals surface area (Å²) in [5.74, 6) is 1.24. The number of aryl methyl sites for hydroxylation is 1. The Balaban J connectivity index is 0.00000128. The first-order valence-corrected chi connectivity index (χ1v) is 4.53. The average Bonchev–Trinajstić information content (AvgIpc) is 2.22. The Kier molecular flexibility index (Phi) is 4.73. The van der Waals surface area contributed by atoms with Crippen molar-refractivity contribution in [2.45, 2.75) is 6.92 Å². The van der Waals surface area contributed by atoms with Crippen LogP contribution in [0.15, 0.2) is 41.5 Å². The van der Waals surface area contributed by atoms with Crippen LogP contribution in [0.4, 0.5) is 0 Å². The van der Waals surface area contributed by atoms with E-state index < -0.39 is 0 Å². The van der Waals surface area contributed by atoms with Crippen molar-refractivity contribution in [3.63, 3.8) is 0 Å². The van der Waals surface area contributed by atoms with Gasteiger partial charge in [0.15, 0.2) is 5.75 Å². The molecule has 4 nitrogen and oxygen atoms in total. The second-order valence-corrected chi connectivity index (χ2v) is 3.17. The van der Waals surface area contributed by atoms with Gasteiger partial charge in [0.1, 0.15) is 5.75 Å². The molecule has 0 radical (unpaired) electrons. The fourth-order valence-electron chi connectivity index (χ4n) is 1.20. The van der Waals surface area contributed by atoms with Gasteiger partial charge in [-0.2, -0.15) is 4.98 Å². The van der Waals surface area contributed by atoms with E-state index in [1.165, 1.54) is 12.4 Å². The zero-order chi connectivity index (χ0) is 10.7.